The van der Waals surface area contributed by atoms with Gasteiger partial charge in [0.1, 0.15) is 11.8 Å². The first-order valence-corrected chi connectivity index (χ1v) is 9.44. The van der Waals surface area contributed by atoms with Crippen LogP contribution in [0.25, 0.3) is 21.5 Å². The van der Waals surface area contributed by atoms with Gasteiger partial charge in [-0.25, -0.2) is 4.79 Å². The highest BCUT2D eigenvalue weighted by Crippen LogP contribution is 2.41. The zero-order chi connectivity index (χ0) is 20.1. The third-order valence-electron chi connectivity index (χ3n) is 5.68. The molecule has 1 fully saturated rings. The smallest absolute Gasteiger partial charge is 0.326 e. The summed E-state index contributed by atoms with van der Waals surface area (Å²) in [5.74, 6) is 0.718. The lowest BCUT2D eigenvalue weighted by atomic mass is 9.95. The van der Waals surface area contributed by atoms with E-state index in [0.29, 0.717) is 42.2 Å². The Hall–Kier alpha value is -3.48. The van der Waals surface area contributed by atoms with E-state index in [4.69, 9.17) is 14.2 Å². The van der Waals surface area contributed by atoms with Crippen molar-refractivity contribution in [2.75, 3.05) is 20.4 Å². The first-order chi connectivity index (χ1) is 14.1. The van der Waals surface area contributed by atoms with Crippen molar-refractivity contribution in [2.45, 2.75) is 18.9 Å². The van der Waals surface area contributed by atoms with Crippen molar-refractivity contribution < 1.29 is 28.9 Å². The monoisotopic (exact) mass is 393 g/mol. The Labute approximate surface area is 166 Å². The van der Waals surface area contributed by atoms with Gasteiger partial charge in [0.05, 0.1) is 7.11 Å². The van der Waals surface area contributed by atoms with Gasteiger partial charge in [-0.3, -0.25) is 4.79 Å². The Morgan fingerprint density at radius 1 is 1.07 bits per heavy atom. The molecular weight excluding hydrogens is 374 g/mol. The van der Waals surface area contributed by atoms with Crippen LogP contribution in [0.5, 0.6) is 17.2 Å². The molecular formula is C22H19NO6. The molecule has 0 spiro atoms. The van der Waals surface area contributed by atoms with Crippen LogP contribution < -0.4 is 14.2 Å². The second kappa shape index (κ2) is 6.55. The van der Waals surface area contributed by atoms with Crippen molar-refractivity contribution in [1.82, 2.24) is 4.90 Å². The van der Waals surface area contributed by atoms with Crippen LogP contribution in [-0.4, -0.2) is 48.4 Å². The van der Waals surface area contributed by atoms with E-state index in [0.717, 1.165) is 21.5 Å². The number of ether oxygens (including phenoxy) is 3. The topological polar surface area (TPSA) is 85.3 Å². The number of amides is 1. The minimum absolute atomic E-state index is 0.159. The summed E-state index contributed by atoms with van der Waals surface area (Å²) in [4.78, 5) is 26.4. The fraction of sp³-hybridized carbons (Fsp3) is 0.273. The number of carboxylic acids is 1. The molecule has 0 radical (unpaired) electrons. The van der Waals surface area contributed by atoms with E-state index in [-0.39, 0.29) is 12.7 Å². The van der Waals surface area contributed by atoms with Gasteiger partial charge in [0.2, 0.25) is 6.79 Å². The molecule has 0 saturated carbocycles. The zero-order valence-corrected chi connectivity index (χ0v) is 15.8. The average molecular weight is 393 g/mol. The molecule has 0 unspecified atom stereocenters. The number of carbonyl (C=O) groups excluding carboxylic acids is 1. The molecule has 3 aromatic carbocycles. The van der Waals surface area contributed by atoms with Crippen molar-refractivity contribution in [3.63, 3.8) is 0 Å². The van der Waals surface area contributed by atoms with Gasteiger partial charge in [-0.05, 0) is 70.8 Å². The van der Waals surface area contributed by atoms with Crippen molar-refractivity contribution in [3.8, 4) is 17.2 Å². The van der Waals surface area contributed by atoms with E-state index in [1.165, 1.54) is 4.90 Å². The standard InChI is InChI=1S/C22H19NO6/c1-27-13-4-5-14-16(9-13)15-10-20-19(28-11-29-20)8-12(15)7-17(14)21(24)23-6-2-3-18(23)22(25)26/h4-5,7-10,18H,2-3,6,11H2,1H3,(H,25,26)/t18-/m1/s1. The van der Waals surface area contributed by atoms with Gasteiger partial charge < -0.3 is 24.2 Å². The second-order valence-corrected chi connectivity index (χ2v) is 7.26. The molecule has 2 aliphatic rings. The predicted molar refractivity (Wildman–Crippen MR) is 106 cm³/mol. The quantitative estimate of drug-likeness (QED) is 0.687. The number of rotatable bonds is 3. The van der Waals surface area contributed by atoms with Gasteiger partial charge >= 0.3 is 5.97 Å². The summed E-state index contributed by atoms with van der Waals surface area (Å²) in [6.07, 6.45) is 1.15. The van der Waals surface area contributed by atoms with Crippen LogP contribution in [0.15, 0.2) is 36.4 Å². The van der Waals surface area contributed by atoms with Crippen molar-refractivity contribution in [2.24, 2.45) is 0 Å². The molecule has 29 heavy (non-hydrogen) atoms. The van der Waals surface area contributed by atoms with Crippen LogP contribution in [-0.2, 0) is 4.79 Å². The number of aliphatic carboxylic acids is 1. The number of nitrogens with zero attached hydrogens (tertiary/aromatic N) is 1. The third kappa shape index (κ3) is 2.73. The van der Waals surface area contributed by atoms with E-state index in [9.17, 15) is 14.7 Å². The molecule has 148 valence electrons. The minimum atomic E-state index is -0.967. The summed E-state index contributed by atoms with van der Waals surface area (Å²) in [5, 5.41) is 12.8. The molecule has 0 aromatic heterocycles. The maximum absolute atomic E-state index is 13.4. The van der Waals surface area contributed by atoms with Crippen LogP contribution in [0.4, 0.5) is 0 Å². The summed E-state index contributed by atoms with van der Waals surface area (Å²) in [7, 11) is 1.59. The van der Waals surface area contributed by atoms with Gasteiger partial charge in [0, 0.05) is 12.1 Å². The highest BCUT2D eigenvalue weighted by molar-refractivity contribution is 6.18. The highest BCUT2D eigenvalue weighted by Gasteiger charge is 2.35. The van der Waals surface area contributed by atoms with E-state index < -0.39 is 12.0 Å². The average Bonchev–Trinajstić information content (AvgIpc) is 3.39. The van der Waals surface area contributed by atoms with Gasteiger partial charge in [-0.15, -0.1) is 0 Å². The Kier molecular flexibility index (Phi) is 3.97. The van der Waals surface area contributed by atoms with Crippen molar-refractivity contribution in [3.05, 3.63) is 42.0 Å². The number of hydrogen-bond acceptors (Lipinski definition) is 5. The molecule has 1 saturated heterocycles. The van der Waals surface area contributed by atoms with E-state index in [2.05, 4.69) is 0 Å². The van der Waals surface area contributed by atoms with E-state index in [1.54, 1.807) is 13.2 Å². The predicted octanol–water partition coefficient (Wildman–Crippen LogP) is 3.42. The molecule has 2 heterocycles. The molecule has 0 aliphatic carbocycles. The Morgan fingerprint density at radius 3 is 2.62 bits per heavy atom. The fourth-order valence-corrected chi connectivity index (χ4v) is 4.25. The number of carbonyl (C=O) groups is 2. The van der Waals surface area contributed by atoms with Crippen LogP contribution in [0.2, 0.25) is 0 Å². The number of likely N-dealkylation sites (tertiary alicyclic amines) is 1. The lowest BCUT2D eigenvalue weighted by Gasteiger charge is -2.23. The normalized spacial score (nSPS) is 17.8. The zero-order valence-electron chi connectivity index (χ0n) is 15.8. The van der Waals surface area contributed by atoms with E-state index >= 15 is 0 Å². The Balaban J connectivity index is 1.75. The molecule has 3 aromatic rings. The lowest BCUT2D eigenvalue weighted by Crippen LogP contribution is -2.40. The summed E-state index contributed by atoms with van der Waals surface area (Å²) in [5.41, 5.74) is 0.474. The molecule has 7 heteroatoms. The number of methoxy groups -OCH3 is 1. The molecule has 5 rings (SSSR count). The lowest BCUT2D eigenvalue weighted by molar-refractivity contribution is -0.141. The maximum Gasteiger partial charge on any atom is 0.326 e. The van der Waals surface area contributed by atoms with Gasteiger partial charge in [-0.1, -0.05) is 0 Å². The number of carboxylic acid groups (broad SMARTS) is 1. The Morgan fingerprint density at radius 2 is 1.86 bits per heavy atom. The first kappa shape index (κ1) is 17.6. The maximum atomic E-state index is 13.4. The fourth-order valence-electron chi connectivity index (χ4n) is 4.25. The van der Waals surface area contributed by atoms with Crippen molar-refractivity contribution in [1.29, 1.82) is 0 Å². The van der Waals surface area contributed by atoms with Crippen LogP contribution in [0.3, 0.4) is 0 Å². The van der Waals surface area contributed by atoms with Crippen LogP contribution >= 0.6 is 0 Å². The summed E-state index contributed by atoms with van der Waals surface area (Å²) < 4.78 is 16.4. The van der Waals surface area contributed by atoms with Crippen molar-refractivity contribution >= 4 is 33.4 Å². The SMILES string of the molecule is COc1ccc2c(C(=O)N3CCC[C@@H]3C(=O)O)cc3cc4c(cc3c2c1)OCO4. The van der Waals surface area contributed by atoms with Gasteiger partial charge in [-0.2, -0.15) is 0 Å². The van der Waals surface area contributed by atoms with Crippen LogP contribution in [0, 0.1) is 0 Å². The number of hydrogen-bond donors (Lipinski definition) is 1. The molecule has 1 N–H and O–H groups in total. The van der Waals surface area contributed by atoms with Crippen LogP contribution in [0.1, 0.15) is 23.2 Å². The minimum Gasteiger partial charge on any atom is -0.497 e. The van der Waals surface area contributed by atoms with Gasteiger partial charge in [0.15, 0.2) is 11.5 Å². The number of benzene rings is 3. The number of fused-ring (bicyclic) bond motifs is 4. The first-order valence-electron chi connectivity index (χ1n) is 9.44. The largest absolute Gasteiger partial charge is 0.497 e. The molecule has 2 aliphatic heterocycles. The summed E-state index contributed by atoms with van der Waals surface area (Å²) in [6, 6.07) is 10.3. The highest BCUT2D eigenvalue weighted by atomic mass is 16.7. The van der Waals surface area contributed by atoms with Gasteiger partial charge in [0.25, 0.3) is 5.91 Å². The Bertz CT molecular complexity index is 1170. The molecule has 1 amide bonds. The molecule has 0 bridgehead atoms. The molecule has 7 nitrogen and oxygen atoms in total. The van der Waals surface area contributed by atoms with E-state index in [1.807, 2.05) is 30.3 Å². The second-order valence-electron chi connectivity index (χ2n) is 7.26. The summed E-state index contributed by atoms with van der Waals surface area (Å²) >= 11 is 0. The molecule has 1 atom stereocenters. The third-order valence-corrected chi connectivity index (χ3v) is 5.68. The summed E-state index contributed by atoms with van der Waals surface area (Å²) in [6.45, 7) is 0.597.